The Hall–Kier alpha value is -3.35. The minimum atomic E-state index is -0.514. The van der Waals surface area contributed by atoms with E-state index in [1.165, 1.54) is 4.90 Å². The lowest BCUT2D eigenvalue weighted by Gasteiger charge is -2.28. The molecule has 0 aliphatic carbocycles. The van der Waals surface area contributed by atoms with Gasteiger partial charge in [-0.05, 0) is 43.2 Å². The van der Waals surface area contributed by atoms with Gasteiger partial charge < -0.3 is 10.1 Å². The maximum Gasteiger partial charge on any atom is 0.328 e. The summed E-state index contributed by atoms with van der Waals surface area (Å²) in [5.74, 6) is 0.203. The van der Waals surface area contributed by atoms with Crippen LogP contribution in [0.25, 0.3) is 0 Å². The van der Waals surface area contributed by atoms with Crippen molar-refractivity contribution in [3.8, 4) is 5.75 Å². The van der Waals surface area contributed by atoms with Crippen LogP contribution in [0.1, 0.15) is 48.7 Å². The van der Waals surface area contributed by atoms with Gasteiger partial charge in [0.25, 0.3) is 5.91 Å². The summed E-state index contributed by atoms with van der Waals surface area (Å²) in [6.07, 6.45) is 0.909. The van der Waals surface area contributed by atoms with E-state index in [0.29, 0.717) is 24.3 Å². The van der Waals surface area contributed by atoms with Gasteiger partial charge in [-0.1, -0.05) is 31.2 Å². The van der Waals surface area contributed by atoms with Crippen molar-refractivity contribution < 1.29 is 19.1 Å². The number of hydrogen-bond donors (Lipinski definition) is 2. The molecule has 152 valence electrons. The van der Waals surface area contributed by atoms with Crippen molar-refractivity contribution in [2.24, 2.45) is 0 Å². The largest absolute Gasteiger partial charge is 0.494 e. The Morgan fingerprint density at radius 2 is 1.86 bits per heavy atom. The summed E-state index contributed by atoms with van der Waals surface area (Å²) in [5.41, 5.74) is 1.85. The van der Waals surface area contributed by atoms with Crippen molar-refractivity contribution in [1.82, 2.24) is 10.6 Å². The molecule has 0 saturated carbocycles. The molecular weight excluding hydrogens is 370 g/mol. The van der Waals surface area contributed by atoms with Crippen LogP contribution >= 0.6 is 0 Å². The highest BCUT2D eigenvalue weighted by Crippen LogP contribution is 2.25. The predicted molar refractivity (Wildman–Crippen MR) is 110 cm³/mol. The van der Waals surface area contributed by atoms with Gasteiger partial charge in [0.05, 0.1) is 23.9 Å². The molecule has 2 N–H and O–H groups in total. The molecule has 2 aromatic carbocycles. The first kappa shape index (κ1) is 20.4. The van der Waals surface area contributed by atoms with Crippen LogP contribution in [0.2, 0.25) is 0 Å². The van der Waals surface area contributed by atoms with Crippen LogP contribution in [0, 0.1) is 0 Å². The second-order valence-electron chi connectivity index (χ2n) is 6.71. The third-order valence-electron chi connectivity index (χ3n) is 4.80. The fourth-order valence-corrected chi connectivity index (χ4v) is 3.32. The van der Waals surface area contributed by atoms with Gasteiger partial charge >= 0.3 is 6.03 Å². The number of para-hydroxylation sites is 1. The average molecular weight is 395 g/mol. The SMILES string of the molecule is CCOc1ccc([C@@H](CC)NC(=O)c2ccccc2N2CCC(=O)NC2=O)cc1. The van der Waals surface area contributed by atoms with E-state index in [-0.39, 0.29) is 30.8 Å². The average Bonchev–Trinajstić information content (AvgIpc) is 2.73. The highest BCUT2D eigenvalue weighted by molar-refractivity contribution is 6.09. The van der Waals surface area contributed by atoms with E-state index in [1.54, 1.807) is 24.3 Å². The zero-order valence-corrected chi connectivity index (χ0v) is 16.6. The minimum Gasteiger partial charge on any atom is -0.494 e. The van der Waals surface area contributed by atoms with Crippen molar-refractivity contribution >= 4 is 23.5 Å². The minimum absolute atomic E-state index is 0.178. The highest BCUT2D eigenvalue weighted by Gasteiger charge is 2.27. The van der Waals surface area contributed by atoms with Gasteiger partial charge in [-0.3, -0.25) is 19.8 Å². The number of anilines is 1. The first-order chi connectivity index (χ1) is 14.0. The number of nitrogens with zero attached hydrogens (tertiary/aromatic N) is 1. The fraction of sp³-hybridized carbons (Fsp3) is 0.318. The Morgan fingerprint density at radius 1 is 1.14 bits per heavy atom. The van der Waals surface area contributed by atoms with Crippen LogP contribution in [0.5, 0.6) is 5.75 Å². The zero-order valence-electron chi connectivity index (χ0n) is 16.6. The molecule has 0 spiro atoms. The maximum absolute atomic E-state index is 13.0. The number of nitrogens with one attached hydrogen (secondary N) is 2. The highest BCUT2D eigenvalue weighted by atomic mass is 16.5. The van der Waals surface area contributed by atoms with Crippen LogP contribution in [-0.2, 0) is 4.79 Å². The van der Waals surface area contributed by atoms with Gasteiger partial charge in [-0.15, -0.1) is 0 Å². The Balaban J connectivity index is 1.79. The number of amides is 4. The summed E-state index contributed by atoms with van der Waals surface area (Å²) < 4.78 is 5.47. The molecule has 2 aromatic rings. The van der Waals surface area contributed by atoms with Gasteiger partial charge in [-0.25, -0.2) is 4.79 Å². The third-order valence-corrected chi connectivity index (χ3v) is 4.80. The van der Waals surface area contributed by atoms with E-state index in [0.717, 1.165) is 11.3 Å². The summed E-state index contributed by atoms with van der Waals surface area (Å²) in [6.45, 7) is 4.76. The van der Waals surface area contributed by atoms with Gasteiger partial charge in [0.2, 0.25) is 5.91 Å². The van der Waals surface area contributed by atoms with E-state index in [1.807, 2.05) is 38.1 Å². The predicted octanol–water partition coefficient (Wildman–Crippen LogP) is 3.41. The molecule has 3 rings (SSSR count). The molecule has 0 radical (unpaired) electrons. The monoisotopic (exact) mass is 395 g/mol. The van der Waals surface area contributed by atoms with Gasteiger partial charge in [0, 0.05) is 13.0 Å². The number of ether oxygens (including phenoxy) is 1. The van der Waals surface area contributed by atoms with Crippen molar-refractivity contribution in [2.45, 2.75) is 32.7 Å². The van der Waals surface area contributed by atoms with Crippen LogP contribution < -0.4 is 20.3 Å². The summed E-state index contributed by atoms with van der Waals surface area (Å²) in [5, 5.41) is 5.34. The number of benzene rings is 2. The van der Waals surface area contributed by atoms with Crippen molar-refractivity contribution in [3.05, 3.63) is 59.7 Å². The van der Waals surface area contributed by atoms with Crippen LogP contribution in [0.4, 0.5) is 10.5 Å². The number of carbonyl (C=O) groups excluding carboxylic acids is 3. The fourth-order valence-electron chi connectivity index (χ4n) is 3.32. The van der Waals surface area contributed by atoms with Gasteiger partial charge in [-0.2, -0.15) is 0 Å². The molecule has 4 amide bonds. The Bertz CT molecular complexity index is 895. The standard InChI is InChI=1S/C22H25N3O4/c1-3-18(15-9-11-16(12-10-15)29-4-2)23-21(27)17-7-5-6-8-19(17)25-14-13-20(26)24-22(25)28/h5-12,18H,3-4,13-14H2,1-2H3,(H,23,27)(H,24,26,28)/t18-/m1/s1. The smallest absolute Gasteiger partial charge is 0.328 e. The Labute approximate surface area is 170 Å². The van der Waals surface area contributed by atoms with E-state index in [4.69, 9.17) is 4.74 Å². The molecule has 1 heterocycles. The molecule has 1 atom stereocenters. The second-order valence-corrected chi connectivity index (χ2v) is 6.71. The molecule has 29 heavy (non-hydrogen) atoms. The van der Waals surface area contributed by atoms with E-state index in [2.05, 4.69) is 10.6 Å². The molecule has 0 bridgehead atoms. The molecule has 1 saturated heterocycles. The molecular formula is C22H25N3O4. The summed E-state index contributed by atoms with van der Waals surface area (Å²) >= 11 is 0. The normalized spacial score (nSPS) is 14.9. The van der Waals surface area contributed by atoms with E-state index < -0.39 is 6.03 Å². The molecule has 7 nitrogen and oxygen atoms in total. The first-order valence-electron chi connectivity index (χ1n) is 9.77. The third kappa shape index (κ3) is 4.74. The van der Waals surface area contributed by atoms with Crippen molar-refractivity contribution in [2.75, 3.05) is 18.1 Å². The lowest BCUT2D eigenvalue weighted by Crippen LogP contribution is -2.50. The molecule has 1 aliphatic heterocycles. The van der Waals surface area contributed by atoms with Crippen LogP contribution in [-0.4, -0.2) is 31.0 Å². The summed E-state index contributed by atoms with van der Waals surface area (Å²) in [4.78, 5) is 38.1. The maximum atomic E-state index is 13.0. The number of carbonyl (C=O) groups is 3. The molecule has 1 fully saturated rings. The number of imide groups is 1. The lowest BCUT2D eigenvalue weighted by molar-refractivity contribution is -0.120. The second kappa shape index (κ2) is 9.23. The van der Waals surface area contributed by atoms with Crippen molar-refractivity contribution in [1.29, 1.82) is 0 Å². The molecule has 0 unspecified atom stereocenters. The molecule has 1 aliphatic rings. The first-order valence-corrected chi connectivity index (χ1v) is 9.77. The quantitative estimate of drug-likeness (QED) is 0.752. The Morgan fingerprint density at radius 3 is 2.52 bits per heavy atom. The van der Waals surface area contributed by atoms with E-state index in [9.17, 15) is 14.4 Å². The zero-order chi connectivity index (χ0) is 20.8. The van der Waals surface area contributed by atoms with E-state index >= 15 is 0 Å². The summed E-state index contributed by atoms with van der Waals surface area (Å²) in [7, 11) is 0. The van der Waals surface area contributed by atoms with Crippen molar-refractivity contribution in [3.63, 3.8) is 0 Å². The molecule has 7 heteroatoms. The lowest BCUT2D eigenvalue weighted by atomic mass is 10.0. The van der Waals surface area contributed by atoms with Crippen LogP contribution in [0.3, 0.4) is 0 Å². The number of urea groups is 1. The van der Waals surface area contributed by atoms with Gasteiger partial charge in [0.15, 0.2) is 0 Å². The number of hydrogen-bond acceptors (Lipinski definition) is 4. The van der Waals surface area contributed by atoms with Gasteiger partial charge in [0.1, 0.15) is 5.75 Å². The topological polar surface area (TPSA) is 87.7 Å². The Kier molecular flexibility index (Phi) is 6.49. The molecule has 0 aromatic heterocycles. The van der Waals surface area contributed by atoms with Crippen LogP contribution in [0.15, 0.2) is 48.5 Å². The number of rotatable bonds is 7. The summed E-state index contributed by atoms with van der Waals surface area (Å²) in [6, 6.07) is 13.9.